The zero-order valence-electron chi connectivity index (χ0n) is 15.3. The van der Waals surface area contributed by atoms with Crippen molar-refractivity contribution in [3.8, 4) is 0 Å². The van der Waals surface area contributed by atoms with E-state index in [2.05, 4.69) is 31.9 Å². The van der Waals surface area contributed by atoms with E-state index in [1.54, 1.807) is 41.3 Å². The van der Waals surface area contributed by atoms with E-state index in [1.807, 2.05) is 36.4 Å². The normalized spacial score (nSPS) is 18.0. The average molecular weight is 515 g/mol. The van der Waals surface area contributed by atoms with E-state index in [-0.39, 0.29) is 12.2 Å². The van der Waals surface area contributed by atoms with Crippen LogP contribution in [-0.2, 0) is 16.9 Å². The third kappa shape index (κ3) is 3.80. The average Bonchev–Trinajstić information content (AvgIpc) is 2.92. The molecule has 1 amide bonds. The number of hydrogen-bond acceptors (Lipinski definition) is 3. The smallest absolute Gasteiger partial charge is 0.264 e. The molecule has 0 bridgehead atoms. The van der Waals surface area contributed by atoms with Gasteiger partial charge in [-0.15, -0.1) is 0 Å². The summed E-state index contributed by atoms with van der Waals surface area (Å²) in [5, 5.41) is 11.4. The first-order valence-corrected chi connectivity index (χ1v) is 10.6. The molecule has 0 saturated heterocycles. The maximum atomic E-state index is 13.3. The van der Waals surface area contributed by atoms with Gasteiger partial charge in [0, 0.05) is 20.1 Å². The summed E-state index contributed by atoms with van der Waals surface area (Å²) >= 11 is 6.82. The number of rotatable bonds is 5. The van der Waals surface area contributed by atoms with Crippen molar-refractivity contribution >= 4 is 49.2 Å². The molecule has 4 rings (SSSR count). The molecule has 6 heteroatoms. The Morgan fingerprint density at radius 1 is 0.931 bits per heavy atom. The molecule has 0 spiro atoms. The Balaban J connectivity index is 1.71. The summed E-state index contributed by atoms with van der Waals surface area (Å²) in [5.41, 5.74) is 0.551. The first kappa shape index (κ1) is 20.0. The second kappa shape index (κ2) is 7.86. The van der Waals surface area contributed by atoms with Crippen molar-refractivity contribution in [2.24, 2.45) is 0 Å². The summed E-state index contributed by atoms with van der Waals surface area (Å²) < 4.78 is 1.68. The first-order valence-electron chi connectivity index (χ1n) is 9.05. The third-order valence-electron chi connectivity index (χ3n) is 5.06. The Kier molecular flexibility index (Phi) is 5.42. The standard InChI is InChI=1S/C23H17Br2NO3/c24-17-8-6-15(7-9-17)14-26-20-11-10-18(25)12-19(20)23(29,22(26)28)13-21(27)16-4-2-1-3-5-16/h1-12,29H,13-14H2/t23-/m1/s1. The molecule has 0 aliphatic carbocycles. The fraction of sp³-hybridized carbons (Fsp3) is 0.130. The predicted octanol–water partition coefficient (Wildman–Crippen LogP) is 5.22. The van der Waals surface area contributed by atoms with Gasteiger partial charge in [-0.05, 0) is 35.9 Å². The van der Waals surface area contributed by atoms with Gasteiger partial charge >= 0.3 is 0 Å². The van der Waals surface area contributed by atoms with E-state index in [9.17, 15) is 14.7 Å². The van der Waals surface area contributed by atoms with E-state index in [4.69, 9.17) is 0 Å². The maximum absolute atomic E-state index is 13.3. The monoisotopic (exact) mass is 513 g/mol. The minimum atomic E-state index is -1.90. The molecule has 0 aromatic heterocycles. The Morgan fingerprint density at radius 3 is 2.28 bits per heavy atom. The highest BCUT2D eigenvalue weighted by atomic mass is 79.9. The molecule has 1 heterocycles. The Bertz CT molecular complexity index is 1080. The predicted molar refractivity (Wildman–Crippen MR) is 119 cm³/mol. The van der Waals surface area contributed by atoms with Crippen molar-refractivity contribution in [1.82, 2.24) is 0 Å². The highest BCUT2D eigenvalue weighted by molar-refractivity contribution is 9.10. The molecule has 1 aliphatic heterocycles. The van der Waals surface area contributed by atoms with Crippen LogP contribution >= 0.6 is 31.9 Å². The van der Waals surface area contributed by atoms with E-state index in [0.717, 1.165) is 14.5 Å². The summed E-state index contributed by atoms with van der Waals surface area (Å²) in [4.78, 5) is 27.7. The molecule has 4 nitrogen and oxygen atoms in total. The molecule has 3 aromatic carbocycles. The molecule has 0 fully saturated rings. The van der Waals surface area contributed by atoms with Gasteiger partial charge in [0.2, 0.25) is 0 Å². The second-order valence-corrected chi connectivity index (χ2v) is 8.84. The van der Waals surface area contributed by atoms with Crippen molar-refractivity contribution in [3.05, 3.63) is 98.4 Å². The van der Waals surface area contributed by atoms with Crippen LogP contribution < -0.4 is 4.90 Å². The SMILES string of the molecule is O=C(C[C@]1(O)C(=O)N(Cc2ccc(Br)cc2)c2ccc(Br)cc21)c1ccccc1. The minimum Gasteiger partial charge on any atom is -0.375 e. The molecule has 0 saturated carbocycles. The molecule has 3 aromatic rings. The molecule has 0 radical (unpaired) electrons. The third-order valence-corrected chi connectivity index (χ3v) is 6.08. The number of benzene rings is 3. The molecular weight excluding hydrogens is 498 g/mol. The Labute approximate surface area is 185 Å². The van der Waals surface area contributed by atoms with Crippen molar-refractivity contribution in [2.45, 2.75) is 18.6 Å². The number of carbonyl (C=O) groups excluding carboxylic acids is 2. The molecular formula is C23H17Br2NO3. The van der Waals surface area contributed by atoms with Gasteiger partial charge in [-0.3, -0.25) is 9.59 Å². The largest absolute Gasteiger partial charge is 0.375 e. The van der Waals surface area contributed by atoms with Crippen LogP contribution in [0.2, 0.25) is 0 Å². The minimum absolute atomic E-state index is 0.280. The maximum Gasteiger partial charge on any atom is 0.264 e. The van der Waals surface area contributed by atoms with Gasteiger partial charge in [0.15, 0.2) is 11.4 Å². The van der Waals surface area contributed by atoms with Gasteiger partial charge in [0.05, 0.1) is 18.7 Å². The van der Waals surface area contributed by atoms with Crippen molar-refractivity contribution < 1.29 is 14.7 Å². The number of aliphatic hydroxyl groups is 1. The number of Topliss-reactive ketones (excluding diaryl/α,β-unsaturated/α-hetero) is 1. The number of anilines is 1. The Morgan fingerprint density at radius 2 is 1.59 bits per heavy atom. The summed E-state index contributed by atoms with van der Waals surface area (Å²) in [5.74, 6) is -0.768. The van der Waals surface area contributed by atoms with Crippen molar-refractivity contribution in [3.63, 3.8) is 0 Å². The number of carbonyl (C=O) groups is 2. The first-order chi connectivity index (χ1) is 13.9. The number of fused-ring (bicyclic) bond motifs is 1. The van der Waals surface area contributed by atoms with E-state index in [0.29, 0.717) is 23.4 Å². The lowest BCUT2D eigenvalue weighted by atomic mass is 9.88. The van der Waals surface area contributed by atoms with Gasteiger partial charge in [0.25, 0.3) is 5.91 Å². The quantitative estimate of drug-likeness (QED) is 0.475. The Hall–Kier alpha value is -2.28. The summed E-state index contributed by atoms with van der Waals surface area (Å²) in [7, 11) is 0. The lowest BCUT2D eigenvalue weighted by molar-refractivity contribution is -0.136. The zero-order valence-corrected chi connectivity index (χ0v) is 18.5. The number of amides is 1. The van der Waals surface area contributed by atoms with Gasteiger partial charge in [0.1, 0.15) is 0 Å². The van der Waals surface area contributed by atoms with Crippen molar-refractivity contribution in [1.29, 1.82) is 0 Å². The topological polar surface area (TPSA) is 57.6 Å². The van der Waals surface area contributed by atoms with Crippen LogP contribution in [0.1, 0.15) is 27.9 Å². The fourth-order valence-electron chi connectivity index (χ4n) is 3.58. The molecule has 1 N–H and O–H groups in total. The van der Waals surface area contributed by atoms with E-state index in [1.165, 1.54) is 0 Å². The van der Waals surface area contributed by atoms with Gasteiger partial charge in [-0.2, -0.15) is 0 Å². The lowest BCUT2D eigenvalue weighted by Gasteiger charge is -2.23. The van der Waals surface area contributed by atoms with Crippen LogP contribution in [-0.4, -0.2) is 16.8 Å². The van der Waals surface area contributed by atoms with Crippen LogP contribution in [0, 0.1) is 0 Å². The molecule has 146 valence electrons. The van der Waals surface area contributed by atoms with Crippen molar-refractivity contribution in [2.75, 3.05) is 4.90 Å². The van der Waals surface area contributed by atoms with Crippen LogP contribution in [0.15, 0.2) is 81.7 Å². The van der Waals surface area contributed by atoms with E-state index < -0.39 is 11.5 Å². The van der Waals surface area contributed by atoms with Crippen LogP contribution in [0.3, 0.4) is 0 Å². The molecule has 1 aliphatic rings. The fourth-order valence-corrected chi connectivity index (χ4v) is 4.21. The van der Waals surface area contributed by atoms with Gasteiger partial charge in [-0.25, -0.2) is 0 Å². The molecule has 1 atom stereocenters. The number of halogens is 2. The summed E-state index contributed by atoms with van der Waals surface area (Å²) in [6, 6.07) is 21.7. The van der Waals surface area contributed by atoms with Crippen LogP contribution in [0.5, 0.6) is 0 Å². The summed E-state index contributed by atoms with van der Waals surface area (Å²) in [6.07, 6.45) is -0.309. The molecule has 29 heavy (non-hydrogen) atoms. The molecule has 0 unspecified atom stereocenters. The number of nitrogens with zero attached hydrogens (tertiary/aromatic N) is 1. The number of ketones is 1. The summed E-state index contributed by atoms with van der Waals surface area (Å²) in [6.45, 7) is 0.308. The number of hydrogen-bond donors (Lipinski definition) is 1. The zero-order chi connectivity index (χ0) is 20.6. The second-order valence-electron chi connectivity index (χ2n) is 7.01. The highest BCUT2D eigenvalue weighted by Gasteiger charge is 2.51. The highest BCUT2D eigenvalue weighted by Crippen LogP contribution is 2.44. The van der Waals surface area contributed by atoms with Gasteiger partial charge in [-0.1, -0.05) is 74.3 Å². The van der Waals surface area contributed by atoms with Gasteiger partial charge < -0.3 is 10.0 Å². The van der Waals surface area contributed by atoms with Crippen LogP contribution in [0.4, 0.5) is 5.69 Å². The van der Waals surface area contributed by atoms with E-state index >= 15 is 0 Å². The van der Waals surface area contributed by atoms with Crippen LogP contribution in [0.25, 0.3) is 0 Å². The lowest BCUT2D eigenvalue weighted by Crippen LogP contribution is -2.41.